The van der Waals surface area contributed by atoms with Crippen LogP contribution in [-0.4, -0.2) is 33.0 Å². The fourth-order valence-corrected chi connectivity index (χ4v) is 2.99. The van der Waals surface area contributed by atoms with Gasteiger partial charge in [-0.2, -0.15) is 4.98 Å². The maximum Gasteiger partial charge on any atom is 0.363 e. The smallest absolute Gasteiger partial charge is 0.334 e. The van der Waals surface area contributed by atoms with Crippen LogP contribution in [0.3, 0.4) is 0 Å². The summed E-state index contributed by atoms with van der Waals surface area (Å²) < 4.78 is 5.25. The van der Waals surface area contributed by atoms with Crippen molar-refractivity contribution in [2.24, 2.45) is 0 Å². The predicted octanol–water partition coefficient (Wildman–Crippen LogP) is 2.98. The summed E-state index contributed by atoms with van der Waals surface area (Å²) in [6.45, 7) is 0. The number of fused-ring (bicyclic) bond motifs is 1. The van der Waals surface area contributed by atoms with Gasteiger partial charge in [-0.3, -0.25) is 9.59 Å². The highest BCUT2D eigenvalue weighted by atomic mass is 16.7. The quantitative estimate of drug-likeness (QED) is 0.646. The lowest BCUT2D eigenvalue weighted by Gasteiger charge is -2.12. The highest BCUT2D eigenvalue weighted by Crippen LogP contribution is 2.38. The molecule has 0 unspecified atom stereocenters. The summed E-state index contributed by atoms with van der Waals surface area (Å²) >= 11 is 0. The first-order valence-corrected chi connectivity index (χ1v) is 8.76. The first kappa shape index (κ1) is 16.4. The van der Waals surface area contributed by atoms with Gasteiger partial charge in [0.15, 0.2) is 5.82 Å². The number of rotatable bonds is 4. The van der Waals surface area contributed by atoms with Gasteiger partial charge >= 0.3 is 5.97 Å². The molecule has 1 fully saturated rings. The third-order valence-electron chi connectivity index (χ3n) is 4.68. The fraction of sp³-hybridized carbons (Fsp3) is 0.150. The Morgan fingerprint density at radius 1 is 1.00 bits per heavy atom. The molecule has 2 heterocycles. The van der Waals surface area contributed by atoms with Gasteiger partial charge in [-0.15, -0.1) is 0 Å². The second kappa shape index (κ2) is 6.12. The minimum absolute atomic E-state index is 0.183. The van der Waals surface area contributed by atoms with E-state index in [1.54, 1.807) is 24.3 Å². The van der Waals surface area contributed by atoms with Crippen LogP contribution in [0.25, 0.3) is 11.5 Å². The number of aromatic nitrogens is 2. The molecule has 0 bridgehead atoms. The topological polar surface area (TPSA) is 103 Å². The van der Waals surface area contributed by atoms with E-state index in [4.69, 9.17) is 9.36 Å². The lowest BCUT2D eigenvalue weighted by atomic mass is 10.1. The lowest BCUT2D eigenvalue weighted by Crippen LogP contribution is -2.32. The zero-order valence-electron chi connectivity index (χ0n) is 14.5. The Kier molecular flexibility index (Phi) is 3.58. The summed E-state index contributed by atoms with van der Waals surface area (Å²) in [5.41, 5.74) is 1.26. The molecule has 0 saturated heterocycles. The maximum atomic E-state index is 12.4. The second-order valence-electron chi connectivity index (χ2n) is 6.64. The molecule has 5 rings (SSSR count). The summed E-state index contributed by atoms with van der Waals surface area (Å²) in [7, 11) is 0. The van der Waals surface area contributed by atoms with Gasteiger partial charge in [0.1, 0.15) is 0 Å². The molecule has 0 spiro atoms. The van der Waals surface area contributed by atoms with E-state index >= 15 is 0 Å². The molecule has 1 saturated carbocycles. The zero-order chi connectivity index (χ0) is 19.3. The van der Waals surface area contributed by atoms with Crippen LogP contribution in [0, 0.1) is 0 Å². The molecule has 1 aliphatic heterocycles. The van der Waals surface area contributed by atoms with Crippen LogP contribution in [0.2, 0.25) is 0 Å². The summed E-state index contributed by atoms with van der Waals surface area (Å²) in [6.07, 6.45) is 2.14. The first-order valence-electron chi connectivity index (χ1n) is 8.76. The standard InChI is InChI=1S/C20H13N3O5/c24-18-14-3-1-2-4-15(14)19(25)23(18)28-20(26)13-9-7-12(8-10-13)17-21-16(22-27-17)11-5-6-11/h1-4,7-11H,5-6H2. The van der Waals surface area contributed by atoms with Crippen molar-refractivity contribution in [3.05, 3.63) is 71.0 Å². The molecule has 1 aliphatic carbocycles. The van der Waals surface area contributed by atoms with Gasteiger partial charge in [-0.1, -0.05) is 22.4 Å². The molecule has 1 aromatic heterocycles. The summed E-state index contributed by atoms with van der Waals surface area (Å²) in [5.74, 6) is -0.684. The van der Waals surface area contributed by atoms with Crippen molar-refractivity contribution >= 4 is 17.8 Å². The SMILES string of the molecule is O=C(ON1C(=O)c2ccccc2C1=O)c1ccc(-c2nc(C3CC3)no2)cc1. The van der Waals surface area contributed by atoms with E-state index in [9.17, 15) is 14.4 Å². The van der Waals surface area contributed by atoms with E-state index in [2.05, 4.69) is 10.1 Å². The number of carbonyl (C=O) groups is 3. The Balaban J connectivity index is 1.32. The van der Waals surface area contributed by atoms with E-state index in [-0.39, 0.29) is 16.7 Å². The van der Waals surface area contributed by atoms with Gasteiger partial charge in [-0.25, -0.2) is 4.79 Å². The van der Waals surface area contributed by atoms with Crippen molar-refractivity contribution in [2.75, 3.05) is 0 Å². The minimum atomic E-state index is -0.815. The average Bonchev–Trinajstić information content (AvgIpc) is 3.42. The number of hydrogen-bond acceptors (Lipinski definition) is 7. The molecule has 2 amide bonds. The Morgan fingerprint density at radius 2 is 1.64 bits per heavy atom. The van der Waals surface area contributed by atoms with Gasteiger partial charge in [0.05, 0.1) is 16.7 Å². The van der Waals surface area contributed by atoms with Crippen molar-refractivity contribution < 1.29 is 23.7 Å². The van der Waals surface area contributed by atoms with Gasteiger partial charge in [-0.05, 0) is 49.2 Å². The molecule has 3 aromatic rings. The van der Waals surface area contributed by atoms with Gasteiger partial charge < -0.3 is 9.36 Å². The number of carbonyl (C=O) groups excluding carboxylic acids is 3. The van der Waals surface area contributed by atoms with Crippen molar-refractivity contribution in [3.8, 4) is 11.5 Å². The van der Waals surface area contributed by atoms with Crippen molar-refractivity contribution in [1.82, 2.24) is 15.2 Å². The van der Waals surface area contributed by atoms with Gasteiger partial charge in [0.2, 0.25) is 0 Å². The van der Waals surface area contributed by atoms with Crippen molar-refractivity contribution in [1.29, 1.82) is 0 Å². The molecule has 8 heteroatoms. The second-order valence-corrected chi connectivity index (χ2v) is 6.64. The van der Waals surface area contributed by atoms with Crippen LogP contribution < -0.4 is 0 Å². The Hall–Kier alpha value is -3.81. The van der Waals surface area contributed by atoms with E-state index in [1.165, 1.54) is 24.3 Å². The van der Waals surface area contributed by atoms with E-state index in [1.807, 2.05) is 0 Å². The predicted molar refractivity (Wildman–Crippen MR) is 94.1 cm³/mol. The number of hydrogen-bond donors (Lipinski definition) is 0. The molecular formula is C20H13N3O5. The molecule has 0 atom stereocenters. The van der Waals surface area contributed by atoms with E-state index in [0.29, 0.717) is 28.3 Å². The molecule has 8 nitrogen and oxygen atoms in total. The third kappa shape index (κ3) is 2.66. The number of amides is 2. The molecule has 2 aliphatic rings. The Bertz CT molecular complexity index is 1080. The van der Waals surface area contributed by atoms with Crippen molar-refractivity contribution in [2.45, 2.75) is 18.8 Å². The summed E-state index contributed by atoms with van der Waals surface area (Å²) in [5, 5.41) is 4.44. The highest BCUT2D eigenvalue weighted by molar-refractivity contribution is 6.21. The molecule has 0 radical (unpaired) electrons. The normalized spacial score (nSPS) is 15.6. The Morgan fingerprint density at radius 3 is 2.25 bits per heavy atom. The maximum absolute atomic E-state index is 12.4. The van der Waals surface area contributed by atoms with E-state index < -0.39 is 17.8 Å². The largest absolute Gasteiger partial charge is 0.363 e. The third-order valence-corrected chi connectivity index (χ3v) is 4.68. The number of benzene rings is 2. The average molecular weight is 375 g/mol. The number of nitrogens with zero attached hydrogens (tertiary/aromatic N) is 3. The monoisotopic (exact) mass is 375 g/mol. The molecule has 28 heavy (non-hydrogen) atoms. The fourth-order valence-electron chi connectivity index (χ4n) is 2.99. The first-order chi connectivity index (χ1) is 13.6. The van der Waals surface area contributed by atoms with Crippen LogP contribution in [-0.2, 0) is 4.84 Å². The van der Waals surface area contributed by atoms with E-state index in [0.717, 1.165) is 12.8 Å². The minimum Gasteiger partial charge on any atom is -0.334 e. The van der Waals surface area contributed by atoms with Crippen LogP contribution >= 0.6 is 0 Å². The van der Waals surface area contributed by atoms with Crippen LogP contribution in [0.4, 0.5) is 0 Å². The zero-order valence-corrected chi connectivity index (χ0v) is 14.5. The molecule has 2 aromatic carbocycles. The van der Waals surface area contributed by atoms with Crippen LogP contribution in [0.15, 0.2) is 53.1 Å². The highest BCUT2D eigenvalue weighted by Gasteiger charge is 2.38. The summed E-state index contributed by atoms with van der Waals surface area (Å²) in [6, 6.07) is 12.6. The van der Waals surface area contributed by atoms with Gasteiger partial charge in [0, 0.05) is 11.5 Å². The number of imide groups is 1. The summed E-state index contributed by atoms with van der Waals surface area (Å²) in [4.78, 5) is 46.3. The number of hydroxylamine groups is 2. The lowest BCUT2D eigenvalue weighted by molar-refractivity contribution is -0.0584. The molecule has 138 valence electrons. The molecule has 0 N–H and O–H groups in total. The Labute approximate surface area is 158 Å². The van der Waals surface area contributed by atoms with Crippen molar-refractivity contribution in [3.63, 3.8) is 0 Å². The van der Waals surface area contributed by atoms with Crippen LogP contribution in [0.1, 0.15) is 55.7 Å². The molecular weight excluding hydrogens is 362 g/mol. The van der Waals surface area contributed by atoms with Gasteiger partial charge in [0.25, 0.3) is 17.7 Å². The van der Waals surface area contributed by atoms with Crippen LogP contribution in [0.5, 0.6) is 0 Å².